The van der Waals surface area contributed by atoms with Crippen LogP contribution in [0.5, 0.6) is 0 Å². The summed E-state index contributed by atoms with van der Waals surface area (Å²) < 4.78 is 0. The zero-order valence-corrected chi connectivity index (χ0v) is 9.34. The third kappa shape index (κ3) is 1.94. The number of pyridine rings is 1. The fourth-order valence-electron chi connectivity index (χ4n) is 1.63. The van der Waals surface area contributed by atoms with Crippen LogP contribution in [0.25, 0.3) is 16.6 Å². The summed E-state index contributed by atoms with van der Waals surface area (Å²) >= 11 is 0. The first-order valence-electron chi connectivity index (χ1n) is 5.07. The van der Waals surface area contributed by atoms with E-state index in [-0.39, 0.29) is 0 Å². The smallest absolute Gasteiger partial charge is 0.152 e. The number of aldehydes is 1. The van der Waals surface area contributed by atoms with Gasteiger partial charge in [0.2, 0.25) is 0 Å². The molecule has 0 saturated carbocycles. The van der Waals surface area contributed by atoms with E-state index in [1.54, 1.807) is 25.7 Å². The fraction of sp³-hybridized carbons (Fsp3) is 0.0833. The molecule has 17 heavy (non-hydrogen) atoms. The Morgan fingerprint density at radius 2 is 2.41 bits per heavy atom. The van der Waals surface area contributed by atoms with Crippen LogP contribution in [0.2, 0.25) is 0 Å². The molecule has 86 valence electrons. The average Bonchev–Trinajstić information content (AvgIpc) is 2.77. The maximum Gasteiger partial charge on any atom is 0.152 e. The predicted octanol–water partition coefficient (Wildman–Crippen LogP) is 1.38. The number of hydrogen-bond acceptors (Lipinski definition) is 4. The molecule has 0 fully saturated rings. The molecule has 0 aliphatic rings. The van der Waals surface area contributed by atoms with Gasteiger partial charge in [-0.2, -0.15) is 0 Å². The number of carbonyl (C=O) groups is 1. The Hall–Kier alpha value is -2.43. The summed E-state index contributed by atoms with van der Waals surface area (Å²) in [6.45, 7) is 0. The van der Waals surface area contributed by atoms with Gasteiger partial charge >= 0.3 is 0 Å². The van der Waals surface area contributed by atoms with Crippen molar-refractivity contribution in [3.8, 4) is 0 Å². The van der Waals surface area contributed by atoms with Gasteiger partial charge in [0.25, 0.3) is 0 Å². The number of aromatic amines is 1. The summed E-state index contributed by atoms with van der Waals surface area (Å²) in [7, 11) is 1.67. The molecule has 0 aliphatic heterocycles. The topological polar surface area (TPSA) is 84.1 Å². The van der Waals surface area contributed by atoms with Gasteiger partial charge < -0.3 is 10.7 Å². The van der Waals surface area contributed by atoms with Crippen LogP contribution >= 0.6 is 0 Å². The number of fused-ring (bicyclic) bond motifs is 1. The second-order valence-corrected chi connectivity index (χ2v) is 3.49. The number of carbonyl (C=O) groups excluding carboxylic acids is 1. The van der Waals surface area contributed by atoms with Crippen molar-refractivity contribution in [3.63, 3.8) is 0 Å². The Labute approximate surface area is 98.1 Å². The van der Waals surface area contributed by atoms with Gasteiger partial charge in [0.15, 0.2) is 6.29 Å². The van der Waals surface area contributed by atoms with Crippen molar-refractivity contribution in [2.24, 2.45) is 10.7 Å². The largest absolute Gasteiger partial charge is 0.404 e. The molecule has 0 atom stereocenters. The Morgan fingerprint density at radius 1 is 1.59 bits per heavy atom. The van der Waals surface area contributed by atoms with E-state index in [4.69, 9.17) is 5.73 Å². The minimum absolute atomic E-state index is 0.583. The van der Waals surface area contributed by atoms with Gasteiger partial charge in [-0.15, -0.1) is 0 Å². The van der Waals surface area contributed by atoms with Gasteiger partial charge in [-0.1, -0.05) is 0 Å². The summed E-state index contributed by atoms with van der Waals surface area (Å²) in [6.07, 6.45) is 7.23. The highest BCUT2D eigenvalue weighted by atomic mass is 16.1. The molecular formula is C12H12N4O. The summed E-state index contributed by atoms with van der Waals surface area (Å²) in [5, 5.41) is 0.779. The highest BCUT2D eigenvalue weighted by Crippen LogP contribution is 2.19. The molecule has 0 saturated heterocycles. The molecule has 5 heteroatoms. The van der Waals surface area contributed by atoms with E-state index in [0.717, 1.165) is 22.8 Å². The fourth-order valence-corrected chi connectivity index (χ4v) is 1.63. The lowest BCUT2D eigenvalue weighted by Gasteiger charge is -2.00. The second kappa shape index (κ2) is 4.61. The zero-order chi connectivity index (χ0) is 12.3. The number of hydrogen-bond donors (Lipinski definition) is 2. The molecule has 0 amide bonds. The zero-order valence-electron chi connectivity index (χ0n) is 9.34. The summed E-state index contributed by atoms with van der Waals surface area (Å²) in [5.74, 6) is 0. The van der Waals surface area contributed by atoms with E-state index in [0.29, 0.717) is 11.2 Å². The lowest BCUT2D eigenvalue weighted by atomic mass is 10.1. The van der Waals surface area contributed by atoms with Gasteiger partial charge in [-0.3, -0.25) is 9.79 Å². The quantitative estimate of drug-likeness (QED) is 0.614. The Morgan fingerprint density at radius 3 is 3.06 bits per heavy atom. The second-order valence-electron chi connectivity index (χ2n) is 3.49. The predicted molar refractivity (Wildman–Crippen MR) is 68.1 cm³/mol. The molecule has 3 N–H and O–H groups in total. The van der Waals surface area contributed by atoms with Crippen LogP contribution < -0.4 is 5.73 Å². The van der Waals surface area contributed by atoms with Crippen molar-refractivity contribution in [2.45, 2.75) is 0 Å². The molecule has 2 aromatic rings. The van der Waals surface area contributed by atoms with Crippen LogP contribution in [-0.2, 0) is 0 Å². The van der Waals surface area contributed by atoms with Crippen molar-refractivity contribution in [2.75, 3.05) is 7.05 Å². The minimum atomic E-state index is 0.583. The molecule has 5 nitrogen and oxygen atoms in total. The van der Waals surface area contributed by atoms with Crippen molar-refractivity contribution in [1.82, 2.24) is 9.97 Å². The number of nitrogens with zero attached hydrogens (tertiary/aromatic N) is 2. The van der Waals surface area contributed by atoms with E-state index in [1.807, 2.05) is 6.07 Å². The molecule has 0 bridgehead atoms. The molecule has 0 unspecified atom stereocenters. The van der Waals surface area contributed by atoms with E-state index in [1.165, 1.54) is 6.20 Å². The third-order valence-electron chi connectivity index (χ3n) is 2.47. The number of aliphatic imine (C=N–C) groups is 1. The van der Waals surface area contributed by atoms with E-state index >= 15 is 0 Å². The Balaban J connectivity index is 2.60. The summed E-state index contributed by atoms with van der Waals surface area (Å²) in [5.41, 5.74) is 8.38. The number of nitrogens with one attached hydrogen (secondary N) is 1. The molecule has 0 radical (unpaired) electrons. The van der Waals surface area contributed by atoms with Crippen molar-refractivity contribution < 1.29 is 4.79 Å². The van der Waals surface area contributed by atoms with Crippen LogP contribution in [0.4, 0.5) is 0 Å². The first-order valence-corrected chi connectivity index (χ1v) is 5.07. The first kappa shape index (κ1) is 11.1. The van der Waals surface area contributed by atoms with Gasteiger partial charge in [-0.25, -0.2) is 4.98 Å². The molecule has 0 aromatic carbocycles. The maximum atomic E-state index is 10.8. The standard InChI is InChI=1S/C12H12N4O/c1-14-4-9(3-13)8-2-11-10(7-17)6-16-12(11)15-5-8/h2-7H,13H2,1H3,(H,15,16)/b9-3+,14-4?. The van der Waals surface area contributed by atoms with Gasteiger partial charge in [-0.05, 0) is 6.07 Å². The number of allylic oxidation sites excluding steroid dienone is 1. The summed E-state index contributed by atoms with van der Waals surface area (Å²) in [6, 6.07) is 1.86. The molecular weight excluding hydrogens is 216 g/mol. The first-order chi connectivity index (χ1) is 8.30. The Kier molecular flexibility index (Phi) is 3.00. The van der Waals surface area contributed by atoms with Crippen LogP contribution in [-0.4, -0.2) is 29.5 Å². The lowest BCUT2D eigenvalue weighted by Crippen LogP contribution is -1.93. The van der Waals surface area contributed by atoms with E-state index < -0.39 is 0 Å². The molecule has 0 aliphatic carbocycles. The molecule has 2 aromatic heterocycles. The molecule has 2 heterocycles. The SMILES string of the molecule is CN=C/C(=C\N)c1cnc2[nH]cc(C=O)c2c1. The monoisotopic (exact) mass is 228 g/mol. The van der Waals surface area contributed by atoms with Gasteiger partial charge in [0.05, 0.1) is 0 Å². The number of nitrogens with two attached hydrogens (primary N) is 1. The van der Waals surface area contributed by atoms with Gasteiger partial charge in [0, 0.05) is 53.9 Å². The summed E-state index contributed by atoms with van der Waals surface area (Å²) in [4.78, 5) is 21.9. The van der Waals surface area contributed by atoms with Crippen LogP contribution in [0.3, 0.4) is 0 Å². The average molecular weight is 228 g/mol. The van der Waals surface area contributed by atoms with E-state index in [9.17, 15) is 4.79 Å². The van der Waals surface area contributed by atoms with E-state index in [2.05, 4.69) is 15.0 Å². The highest BCUT2D eigenvalue weighted by Gasteiger charge is 2.06. The highest BCUT2D eigenvalue weighted by molar-refractivity contribution is 6.10. The molecule has 0 spiro atoms. The van der Waals surface area contributed by atoms with Crippen molar-refractivity contribution >= 4 is 29.1 Å². The van der Waals surface area contributed by atoms with Crippen molar-refractivity contribution in [3.05, 3.63) is 35.8 Å². The molecule has 2 rings (SSSR count). The number of rotatable bonds is 3. The van der Waals surface area contributed by atoms with Crippen LogP contribution in [0, 0.1) is 0 Å². The van der Waals surface area contributed by atoms with Crippen molar-refractivity contribution in [1.29, 1.82) is 0 Å². The maximum absolute atomic E-state index is 10.8. The van der Waals surface area contributed by atoms with Crippen LogP contribution in [0.15, 0.2) is 29.7 Å². The Bertz CT molecular complexity index is 610. The minimum Gasteiger partial charge on any atom is -0.404 e. The van der Waals surface area contributed by atoms with Crippen LogP contribution in [0.1, 0.15) is 15.9 Å². The van der Waals surface area contributed by atoms with Gasteiger partial charge in [0.1, 0.15) is 5.65 Å². The number of aromatic nitrogens is 2. The third-order valence-corrected chi connectivity index (χ3v) is 2.47. The lowest BCUT2D eigenvalue weighted by molar-refractivity contribution is 0.112. The normalized spacial score (nSPS) is 12.4. The number of H-pyrrole nitrogens is 1.